The number of nitrogens with zero attached hydrogens (tertiary/aromatic N) is 2. The van der Waals surface area contributed by atoms with Crippen LogP contribution in [0.2, 0.25) is 10.0 Å². The lowest BCUT2D eigenvalue weighted by Crippen LogP contribution is -2.40. The van der Waals surface area contributed by atoms with Crippen LogP contribution in [0.3, 0.4) is 0 Å². The molecule has 1 aliphatic rings. The Morgan fingerprint density at radius 2 is 1.77 bits per heavy atom. The molecular formula is C19H18Cl2F2N2O4S. The molecule has 3 rings (SSSR count). The molecule has 1 amide bonds. The number of sulfonamides is 1. The zero-order valence-corrected chi connectivity index (χ0v) is 18.2. The van der Waals surface area contributed by atoms with E-state index in [-0.39, 0.29) is 59.0 Å². The van der Waals surface area contributed by atoms with E-state index < -0.39 is 27.6 Å². The van der Waals surface area contributed by atoms with E-state index in [2.05, 4.69) is 0 Å². The van der Waals surface area contributed by atoms with Gasteiger partial charge in [0.05, 0.1) is 28.8 Å². The van der Waals surface area contributed by atoms with Gasteiger partial charge in [0, 0.05) is 31.4 Å². The maximum absolute atomic E-state index is 13.6. The molecule has 30 heavy (non-hydrogen) atoms. The van der Waals surface area contributed by atoms with Crippen molar-refractivity contribution in [2.24, 2.45) is 0 Å². The van der Waals surface area contributed by atoms with Crippen LogP contribution in [0, 0.1) is 11.6 Å². The van der Waals surface area contributed by atoms with Gasteiger partial charge in [0.1, 0.15) is 4.90 Å². The molecule has 0 bridgehead atoms. The predicted octanol–water partition coefficient (Wildman–Crippen LogP) is 3.96. The topological polar surface area (TPSA) is 66.9 Å². The van der Waals surface area contributed by atoms with Gasteiger partial charge in [0.15, 0.2) is 11.6 Å². The highest BCUT2D eigenvalue weighted by molar-refractivity contribution is 7.89. The summed E-state index contributed by atoms with van der Waals surface area (Å²) in [5.41, 5.74) is -0.0236. The zero-order valence-electron chi connectivity index (χ0n) is 15.9. The molecule has 1 saturated heterocycles. The van der Waals surface area contributed by atoms with Crippen LogP contribution in [0.1, 0.15) is 17.3 Å². The summed E-state index contributed by atoms with van der Waals surface area (Å²) in [7, 11) is -3.99. The number of amides is 1. The third-order valence-electron chi connectivity index (χ3n) is 4.62. The Morgan fingerprint density at radius 3 is 2.37 bits per heavy atom. The van der Waals surface area contributed by atoms with E-state index in [1.54, 1.807) is 6.92 Å². The highest BCUT2D eigenvalue weighted by Gasteiger charge is 2.31. The third kappa shape index (κ3) is 4.45. The molecule has 0 radical (unpaired) electrons. The van der Waals surface area contributed by atoms with Crippen molar-refractivity contribution in [1.82, 2.24) is 4.31 Å². The maximum Gasteiger partial charge on any atom is 0.259 e. The molecular weight excluding hydrogens is 461 g/mol. The monoisotopic (exact) mass is 478 g/mol. The number of hydrogen-bond acceptors (Lipinski definition) is 4. The van der Waals surface area contributed by atoms with Gasteiger partial charge >= 0.3 is 0 Å². The first-order valence-corrected chi connectivity index (χ1v) is 11.2. The molecule has 2 aromatic rings. The molecule has 0 unspecified atom stereocenters. The van der Waals surface area contributed by atoms with Crippen LogP contribution in [-0.2, 0) is 14.8 Å². The Hall–Kier alpha value is -1.78. The van der Waals surface area contributed by atoms with Crippen molar-refractivity contribution in [2.75, 3.05) is 37.7 Å². The minimum atomic E-state index is -3.99. The number of rotatable bonds is 5. The number of carbonyl (C=O) groups excluding carboxylic acids is 1. The number of carbonyl (C=O) groups is 1. The van der Waals surface area contributed by atoms with Gasteiger partial charge in [-0.2, -0.15) is 4.31 Å². The Balaban J connectivity index is 2.03. The summed E-state index contributed by atoms with van der Waals surface area (Å²) in [6.45, 7) is 2.54. The summed E-state index contributed by atoms with van der Waals surface area (Å²) >= 11 is 12.3. The van der Waals surface area contributed by atoms with Crippen LogP contribution in [0.4, 0.5) is 14.5 Å². The average Bonchev–Trinajstić information content (AvgIpc) is 2.71. The molecule has 162 valence electrons. The fraction of sp³-hybridized carbons (Fsp3) is 0.316. The van der Waals surface area contributed by atoms with Crippen LogP contribution in [0.5, 0.6) is 0 Å². The zero-order chi connectivity index (χ0) is 22.1. The quantitative estimate of drug-likeness (QED) is 0.652. The third-order valence-corrected chi connectivity index (χ3v) is 7.29. The normalized spacial score (nSPS) is 15.2. The van der Waals surface area contributed by atoms with Gasteiger partial charge in [-0.25, -0.2) is 17.2 Å². The Labute approximate surface area is 183 Å². The SMILES string of the molecule is CCN(C(=O)c1cc(S(=O)(=O)N2CCOCC2)c(Cl)cc1Cl)c1ccc(F)c(F)c1. The number of halogens is 4. The summed E-state index contributed by atoms with van der Waals surface area (Å²) in [5.74, 6) is -2.84. The number of anilines is 1. The lowest BCUT2D eigenvalue weighted by molar-refractivity contribution is 0.0730. The van der Waals surface area contributed by atoms with E-state index in [9.17, 15) is 22.0 Å². The molecule has 1 heterocycles. The summed E-state index contributed by atoms with van der Waals surface area (Å²) in [5, 5.41) is -0.189. The van der Waals surface area contributed by atoms with Crippen molar-refractivity contribution in [2.45, 2.75) is 11.8 Å². The smallest absolute Gasteiger partial charge is 0.259 e. The van der Waals surface area contributed by atoms with E-state index in [4.69, 9.17) is 27.9 Å². The second-order valence-electron chi connectivity index (χ2n) is 6.43. The van der Waals surface area contributed by atoms with Gasteiger partial charge in [0.25, 0.3) is 5.91 Å². The van der Waals surface area contributed by atoms with Crippen molar-refractivity contribution in [3.05, 3.63) is 57.6 Å². The summed E-state index contributed by atoms with van der Waals surface area (Å²) in [6, 6.07) is 5.32. The van der Waals surface area contributed by atoms with Crippen LogP contribution in [0.25, 0.3) is 0 Å². The van der Waals surface area contributed by atoms with E-state index in [0.29, 0.717) is 0 Å². The highest BCUT2D eigenvalue weighted by atomic mass is 35.5. The fourth-order valence-electron chi connectivity index (χ4n) is 3.06. The minimum Gasteiger partial charge on any atom is -0.379 e. The molecule has 1 aliphatic heterocycles. The molecule has 2 aromatic carbocycles. The maximum atomic E-state index is 13.6. The molecule has 1 fully saturated rings. The van der Waals surface area contributed by atoms with Gasteiger partial charge in [-0.3, -0.25) is 4.79 Å². The number of hydrogen-bond donors (Lipinski definition) is 0. The minimum absolute atomic E-state index is 0.0630. The lowest BCUT2D eigenvalue weighted by atomic mass is 10.1. The van der Waals surface area contributed by atoms with Gasteiger partial charge in [0.2, 0.25) is 10.0 Å². The standard InChI is InChI=1S/C19H18Cl2F2N2O4S/c1-2-25(12-3-4-16(22)17(23)9-12)19(26)13-10-18(15(21)11-14(13)20)30(27,28)24-5-7-29-8-6-24/h3-4,9-11H,2,5-8H2,1H3. The molecule has 0 spiro atoms. The van der Waals surface area contributed by atoms with Crippen molar-refractivity contribution in [3.63, 3.8) is 0 Å². The summed E-state index contributed by atoms with van der Waals surface area (Å²) in [4.78, 5) is 14.0. The van der Waals surface area contributed by atoms with E-state index in [1.807, 2.05) is 0 Å². The van der Waals surface area contributed by atoms with Crippen molar-refractivity contribution < 1.29 is 26.7 Å². The summed E-state index contributed by atoms with van der Waals surface area (Å²) in [6.07, 6.45) is 0. The van der Waals surface area contributed by atoms with Gasteiger partial charge in [-0.1, -0.05) is 23.2 Å². The van der Waals surface area contributed by atoms with Crippen molar-refractivity contribution in [3.8, 4) is 0 Å². The fourth-order valence-corrected chi connectivity index (χ4v) is 5.30. The summed E-state index contributed by atoms with van der Waals surface area (Å²) < 4.78 is 59.3. The van der Waals surface area contributed by atoms with Crippen LogP contribution in [-0.4, -0.2) is 51.5 Å². The number of ether oxygens (including phenoxy) is 1. The first-order chi connectivity index (χ1) is 14.2. The Kier molecular flexibility index (Phi) is 6.98. The highest BCUT2D eigenvalue weighted by Crippen LogP contribution is 2.32. The molecule has 0 atom stereocenters. The van der Waals surface area contributed by atoms with Gasteiger partial charge < -0.3 is 9.64 Å². The van der Waals surface area contributed by atoms with Crippen molar-refractivity contribution in [1.29, 1.82) is 0 Å². The average molecular weight is 479 g/mol. The van der Waals surface area contributed by atoms with Crippen LogP contribution in [0.15, 0.2) is 35.2 Å². The van der Waals surface area contributed by atoms with Gasteiger partial charge in [-0.15, -0.1) is 0 Å². The van der Waals surface area contributed by atoms with E-state index in [0.717, 1.165) is 23.1 Å². The largest absolute Gasteiger partial charge is 0.379 e. The molecule has 0 N–H and O–H groups in total. The first kappa shape index (κ1) is 22.9. The molecule has 11 heteroatoms. The first-order valence-electron chi connectivity index (χ1n) is 9.00. The predicted molar refractivity (Wildman–Crippen MR) is 110 cm³/mol. The second-order valence-corrected chi connectivity index (χ2v) is 9.15. The number of morpholine rings is 1. The van der Waals surface area contributed by atoms with Crippen molar-refractivity contribution >= 4 is 44.8 Å². The van der Waals surface area contributed by atoms with Crippen LogP contribution >= 0.6 is 23.2 Å². The Bertz CT molecular complexity index is 1080. The molecule has 0 saturated carbocycles. The second kappa shape index (κ2) is 9.15. The molecule has 0 aliphatic carbocycles. The van der Waals surface area contributed by atoms with E-state index in [1.165, 1.54) is 16.4 Å². The molecule has 0 aromatic heterocycles. The molecule has 6 nitrogen and oxygen atoms in total. The van der Waals surface area contributed by atoms with Gasteiger partial charge in [-0.05, 0) is 31.2 Å². The number of benzene rings is 2. The van der Waals surface area contributed by atoms with E-state index >= 15 is 0 Å². The lowest BCUT2D eigenvalue weighted by Gasteiger charge is -2.27. The van der Waals surface area contributed by atoms with Crippen LogP contribution < -0.4 is 4.90 Å². The Morgan fingerprint density at radius 1 is 1.10 bits per heavy atom.